The lowest BCUT2D eigenvalue weighted by molar-refractivity contribution is -0.138. The fourth-order valence-electron chi connectivity index (χ4n) is 2.45. The van der Waals surface area contributed by atoms with Gasteiger partial charge in [-0.25, -0.2) is 0 Å². The second-order valence-electron chi connectivity index (χ2n) is 5.31. The molecule has 1 fully saturated rings. The predicted octanol–water partition coefficient (Wildman–Crippen LogP) is 2.80. The maximum Gasteiger partial charge on any atom is 0.303 e. The topological polar surface area (TPSA) is 57.6 Å². The van der Waals surface area contributed by atoms with Crippen LogP contribution in [0.5, 0.6) is 0 Å². The monoisotopic (exact) mass is 339 g/mol. The zero-order valence-electron chi connectivity index (χ0n) is 11.4. The summed E-state index contributed by atoms with van der Waals surface area (Å²) >= 11 is 3.40. The van der Waals surface area contributed by atoms with E-state index in [1.165, 1.54) is 0 Å². The molecule has 1 aromatic carbocycles. The Morgan fingerprint density at radius 3 is 2.40 bits per heavy atom. The Bertz CT molecular complexity index is 508. The third-order valence-electron chi connectivity index (χ3n) is 3.79. The molecule has 1 saturated carbocycles. The molecule has 0 heterocycles. The first kappa shape index (κ1) is 15.0. The van der Waals surface area contributed by atoms with E-state index in [1.54, 1.807) is 11.9 Å². The Balaban J connectivity index is 2.00. The van der Waals surface area contributed by atoms with Crippen LogP contribution in [0.25, 0.3) is 0 Å². The lowest BCUT2D eigenvalue weighted by Gasteiger charge is -2.23. The van der Waals surface area contributed by atoms with Crippen LogP contribution in [-0.2, 0) is 15.0 Å². The third kappa shape index (κ3) is 3.20. The van der Waals surface area contributed by atoms with Crippen molar-refractivity contribution in [1.82, 2.24) is 4.90 Å². The van der Waals surface area contributed by atoms with Crippen molar-refractivity contribution >= 4 is 27.8 Å². The number of carboxylic acid groups (broad SMARTS) is 1. The van der Waals surface area contributed by atoms with Gasteiger partial charge in [0.1, 0.15) is 0 Å². The Morgan fingerprint density at radius 1 is 1.30 bits per heavy atom. The van der Waals surface area contributed by atoms with Gasteiger partial charge in [0.15, 0.2) is 0 Å². The number of amides is 1. The van der Waals surface area contributed by atoms with Crippen LogP contribution in [0.1, 0.15) is 31.2 Å². The Labute approximate surface area is 126 Å². The van der Waals surface area contributed by atoms with E-state index in [9.17, 15) is 9.59 Å². The second-order valence-corrected chi connectivity index (χ2v) is 6.23. The number of hydrogen-bond donors (Lipinski definition) is 1. The fraction of sp³-hybridized carbons (Fsp3) is 0.467. The predicted molar refractivity (Wildman–Crippen MR) is 79.6 cm³/mol. The van der Waals surface area contributed by atoms with Crippen LogP contribution in [0.2, 0.25) is 0 Å². The molecule has 0 saturated heterocycles. The van der Waals surface area contributed by atoms with Crippen LogP contribution >= 0.6 is 15.9 Å². The van der Waals surface area contributed by atoms with E-state index in [0.717, 1.165) is 22.9 Å². The number of carbonyl (C=O) groups excluding carboxylic acids is 1. The van der Waals surface area contributed by atoms with Crippen LogP contribution in [0.3, 0.4) is 0 Å². The maximum atomic E-state index is 12.6. The summed E-state index contributed by atoms with van der Waals surface area (Å²) in [5.41, 5.74) is 0.675. The molecule has 1 aliphatic rings. The summed E-state index contributed by atoms with van der Waals surface area (Å²) in [6.45, 7) is 0.489. The molecule has 0 unspecified atom stereocenters. The first-order valence-electron chi connectivity index (χ1n) is 6.69. The van der Waals surface area contributed by atoms with Crippen molar-refractivity contribution in [2.24, 2.45) is 0 Å². The summed E-state index contributed by atoms with van der Waals surface area (Å²) in [7, 11) is 1.75. The van der Waals surface area contributed by atoms with E-state index in [2.05, 4.69) is 15.9 Å². The Kier molecular flexibility index (Phi) is 4.48. The molecule has 0 radical (unpaired) electrons. The second kappa shape index (κ2) is 5.95. The highest BCUT2D eigenvalue weighted by atomic mass is 79.9. The SMILES string of the molecule is CN(CCCC(=O)O)C(=O)C1(c2ccc(Br)cc2)CC1. The van der Waals surface area contributed by atoms with Gasteiger partial charge in [0.25, 0.3) is 0 Å². The van der Waals surface area contributed by atoms with Crippen molar-refractivity contribution in [2.75, 3.05) is 13.6 Å². The highest BCUT2D eigenvalue weighted by Gasteiger charge is 2.52. The lowest BCUT2D eigenvalue weighted by Crippen LogP contribution is -2.37. The molecule has 108 valence electrons. The number of hydrogen-bond acceptors (Lipinski definition) is 2. The number of aliphatic carboxylic acids is 1. The number of nitrogens with zero attached hydrogens (tertiary/aromatic N) is 1. The van der Waals surface area contributed by atoms with Gasteiger partial charge < -0.3 is 10.0 Å². The van der Waals surface area contributed by atoms with E-state index < -0.39 is 5.97 Å². The molecule has 0 spiro atoms. The van der Waals surface area contributed by atoms with E-state index in [-0.39, 0.29) is 17.7 Å². The van der Waals surface area contributed by atoms with E-state index in [1.807, 2.05) is 24.3 Å². The van der Waals surface area contributed by atoms with Gasteiger partial charge in [-0.3, -0.25) is 9.59 Å². The van der Waals surface area contributed by atoms with Crippen molar-refractivity contribution in [3.63, 3.8) is 0 Å². The van der Waals surface area contributed by atoms with E-state index >= 15 is 0 Å². The first-order valence-corrected chi connectivity index (χ1v) is 7.48. The average molecular weight is 340 g/mol. The quantitative estimate of drug-likeness (QED) is 0.866. The van der Waals surface area contributed by atoms with Crippen molar-refractivity contribution in [3.05, 3.63) is 34.3 Å². The normalized spacial score (nSPS) is 15.7. The van der Waals surface area contributed by atoms with Crippen LogP contribution in [0.15, 0.2) is 28.7 Å². The Morgan fingerprint density at radius 2 is 1.90 bits per heavy atom. The number of carboxylic acids is 1. The third-order valence-corrected chi connectivity index (χ3v) is 4.32. The average Bonchev–Trinajstić information content (AvgIpc) is 3.19. The summed E-state index contributed by atoms with van der Waals surface area (Å²) in [5, 5.41) is 8.63. The number of rotatable bonds is 6. The summed E-state index contributed by atoms with van der Waals surface area (Å²) in [6, 6.07) is 7.88. The minimum Gasteiger partial charge on any atom is -0.481 e. The van der Waals surface area contributed by atoms with Gasteiger partial charge in [-0.05, 0) is 37.0 Å². The highest BCUT2D eigenvalue weighted by molar-refractivity contribution is 9.10. The smallest absolute Gasteiger partial charge is 0.303 e. The Hall–Kier alpha value is -1.36. The highest BCUT2D eigenvalue weighted by Crippen LogP contribution is 2.49. The summed E-state index contributed by atoms with van der Waals surface area (Å²) < 4.78 is 0.999. The van der Waals surface area contributed by atoms with Gasteiger partial charge in [0.05, 0.1) is 5.41 Å². The number of likely N-dealkylation sites (N-methyl/N-ethyl adjacent to an activating group) is 1. The minimum atomic E-state index is -0.820. The molecular formula is C15H18BrNO3. The largest absolute Gasteiger partial charge is 0.481 e. The number of halogens is 1. The van der Waals surface area contributed by atoms with Crippen molar-refractivity contribution in [1.29, 1.82) is 0 Å². The van der Waals surface area contributed by atoms with Gasteiger partial charge >= 0.3 is 5.97 Å². The molecule has 1 aliphatic carbocycles. The number of carbonyl (C=O) groups is 2. The molecule has 0 aliphatic heterocycles. The van der Waals surface area contributed by atoms with Crippen molar-refractivity contribution < 1.29 is 14.7 Å². The standard InChI is InChI=1S/C15H18BrNO3/c1-17(10-2-3-13(18)19)14(20)15(8-9-15)11-4-6-12(16)7-5-11/h4-7H,2-3,8-10H2,1H3,(H,18,19). The molecular weight excluding hydrogens is 322 g/mol. The molecule has 2 rings (SSSR count). The van der Waals surface area contributed by atoms with Gasteiger partial charge in [-0.15, -0.1) is 0 Å². The van der Waals surface area contributed by atoms with Gasteiger partial charge in [0, 0.05) is 24.5 Å². The molecule has 0 bridgehead atoms. The van der Waals surface area contributed by atoms with Crippen LogP contribution < -0.4 is 0 Å². The molecule has 20 heavy (non-hydrogen) atoms. The molecule has 4 nitrogen and oxygen atoms in total. The van der Waals surface area contributed by atoms with Crippen molar-refractivity contribution in [2.45, 2.75) is 31.1 Å². The fourth-order valence-corrected chi connectivity index (χ4v) is 2.72. The molecule has 1 aromatic rings. The van der Waals surface area contributed by atoms with Crippen molar-refractivity contribution in [3.8, 4) is 0 Å². The van der Waals surface area contributed by atoms with Crippen LogP contribution in [0, 0.1) is 0 Å². The molecule has 0 atom stereocenters. The minimum absolute atomic E-state index is 0.100. The molecule has 5 heteroatoms. The van der Waals surface area contributed by atoms with E-state index in [0.29, 0.717) is 13.0 Å². The van der Waals surface area contributed by atoms with Crippen LogP contribution in [-0.4, -0.2) is 35.5 Å². The maximum absolute atomic E-state index is 12.6. The van der Waals surface area contributed by atoms with Crippen LogP contribution in [0.4, 0.5) is 0 Å². The summed E-state index contributed by atoms with van der Waals surface area (Å²) in [6.07, 6.45) is 2.34. The molecule has 1 amide bonds. The lowest BCUT2D eigenvalue weighted by atomic mass is 9.94. The number of benzene rings is 1. The first-order chi connectivity index (χ1) is 9.45. The summed E-state index contributed by atoms with van der Waals surface area (Å²) in [5.74, 6) is -0.717. The molecule has 0 aromatic heterocycles. The zero-order chi connectivity index (χ0) is 14.8. The van der Waals surface area contributed by atoms with E-state index in [4.69, 9.17) is 5.11 Å². The zero-order valence-corrected chi connectivity index (χ0v) is 13.0. The van der Waals surface area contributed by atoms with Gasteiger partial charge in [-0.1, -0.05) is 28.1 Å². The summed E-state index contributed by atoms with van der Waals surface area (Å²) in [4.78, 5) is 24.7. The van der Waals surface area contributed by atoms with Gasteiger partial charge in [-0.2, -0.15) is 0 Å². The van der Waals surface area contributed by atoms with Gasteiger partial charge in [0.2, 0.25) is 5.91 Å². The molecule has 1 N–H and O–H groups in total.